The van der Waals surface area contributed by atoms with E-state index in [9.17, 15) is 0 Å². The Bertz CT molecular complexity index is 306. The van der Waals surface area contributed by atoms with Crippen LogP contribution in [0.1, 0.15) is 37.8 Å². The van der Waals surface area contributed by atoms with E-state index in [0.717, 1.165) is 19.0 Å². The van der Waals surface area contributed by atoms with Gasteiger partial charge >= 0.3 is 0 Å². The van der Waals surface area contributed by atoms with Crippen LogP contribution in [0.25, 0.3) is 0 Å². The monoisotopic (exact) mass is 207 g/mol. The van der Waals surface area contributed by atoms with E-state index in [1.165, 1.54) is 24.8 Å². The van der Waals surface area contributed by atoms with E-state index in [4.69, 9.17) is 0 Å². The van der Waals surface area contributed by atoms with Crippen molar-refractivity contribution in [3.8, 4) is 0 Å². The summed E-state index contributed by atoms with van der Waals surface area (Å²) >= 11 is 0. The highest BCUT2D eigenvalue weighted by atomic mass is 15.3. The number of nitrogens with one attached hydrogen (secondary N) is 1. The van der Waals surface area contributed by atoms with E-state index in [1.54, 1.807) is 0 Å². The van der Waals surface area contributed by atoms with Gasteiger partial charge in [0.05, 0.1) is 12.2 Å². The standard InChI is InChI=1S/C12H21N3/c1-3-6-13-8-11-4-5-12(11)15-9-10(2)7-14-15/h7,9,11-13H,3-6,8H2,1-2H3. The number of aryl methyl sites for hydroxylation is 1. The fourth-order valence-electron chi connectivity index (χ4n) is 2.22. The lowest BCUT2D eigenvalue weighted by Crippen LogP contribution is -2.37. The summed E-state index contributed by atoms with van der Waals surface area (Å²) in [5, 5.41) is 7.91. The molecule has 3 heteroatoms. The molecule has 0 radical (unpaired) electrons. The van der Waals surface area contributed by atoms with Gasteiger partial charge in [0.2, 0.25) is 0 Å². The molecule has 1 aliphatic carbocycles. The molecule has 2 unspecified atom stereocenters. The number of nitrogens with zero attached hydrogens (tertiary/aromatic N) is 2. The van der Waals surface area contributed by atoms with Gasteiger partial charge in [0.15, 0.2) is 0 Å². The molecule has 1 aromatic heterocycles. The molecule has 84 valence electrons. The first kappa shape index (κ1) is 10.7. The summed E-state index contributed by atoms with van der Waals surface area (Å²) in [6.07, 6.45) is 7.98. The summed E-state index contributed by atoms with van der Waals surface area (Å²) in [6, 6.07) is 0.642. The van der Waals surface area contributed by atoms with Crippen molar-refractivity contribution in [2.75, 3.05) is 13.1 Å². The third kappa shape index (κ3) is 2.40. The van der Waals surface area contributed by atoms with Gasteiger partial charge in [-0.05, 0) is 50.8 Å². The van der Waals surface area contributed by atoms with Gasteiger partial charge in [-0.25, -0.2) is 0 Å². The molecule has 1 heterocycles. The van der Waals surface area contributed by atoms with E-state index in [2.05, 4.69) is 35.1 Å². The van der Waals surface area contributed by atoms with Gasteiger partial charge in [-0.3, -0.25) is 4.68 Å². The predicted octanol–water partition coefficient (Wildman–Crippen LogP) is 2.14. The Morgan fingerprint density at radius 1 is 1.53 bits per heavy atom. The fourth-order valence-corrected chi connectivity index (χ4v) is 2.22. The van der Waals surface area contributed by atoms with E-state index in [0.29, 0.717) is 6.04 Å². The van der Waals surface area contributed by atoms with E-state index in [1.807, 2.05) is 6.20 Å². The van der Waals surface area contributed by atoms with Crippen LogP contribution in [0.15, 0.2) is 12.4 Å². The zero-order valence-electron chi connectivity index (χ0n) is 9.74. The van der Waals surface area contributed by atoms with Crippen LogP contribution in [0, 0.1) is 12.8 Å². The zero-order chi connectivity index (χ0) is 10.7. The number of aromatic nitrogens is 2. The second kappa shape index (κ2) is 4.79. The topological polar surface area (TPSA) is 29.9 Å². The molecule has 2 atom stereocenters. The average molecular weight is 207 g/mol. The van der Waals surface area contributed by atoms with Gasteiger partial charge in [0, 0.05) is 6.20 Å². The summed E-state index contributed by atoms with van der Waals surface area (Å²) in [5.74, 6) is 0.788. The van der Waals surface area contributed by atoms with E-state index in [-0.39, 0.29) is 0 Å². The van der Waals surface area contributed by atoms with Crippen LogP contribution < -0.4 is 5.32 Å². The first-order valence-electron chi connectivity index (χ1n) is 6.02. The maximum atomic E-state index is 4.41. The van der Waals surface area contributed by atoms with Crippen molar-refractivity contribution in [2.45, 2.75) is 39.2 Å². The highest BCUT2D eigenvalue weighted by molar-refractivity contribution is 5.02. The summed E-state index contributed by atoms with van der Waals surface area (Å²) < 4.78 is 2.15. The molecule has 0 aromatic carbocycles. The Hall–Kier alpha value is -0.830. The molecule has 2 rings (SSSR count). The fraction of sp³-hybridized carbons (Fsp3) is 0.750. The quantitative estimate of drug-likeness (QED) is 0.750. The number of hydrogen-bond acceptors (Lipinski definition) is 2. The molecule has 0 spiro atoms. The Kier molecular flexibility index (Phi) is 3.41. The third-order valence-corrected chi connectivity index (χ3v) is 3.28. The Morgan fingerprint density at radius 2 is 2.40 bits per heavy atom. The smallest absolute Gasteiger partial charge is 0.0559 e. The van der Waals surface area contributed by atoms with E-state index >= 15 is 0 Å². The van der Waals surface area contributed by atoms with Crippen LogP contribution in [0.4, 0.5) is 0 Å². The van der Waals surface area contributed by atoms with Gasteiger partial charge in [0.25, 0.3) is 0 Å². The zero-order valence-corrected chi connectivity index (χ0v) is 9.74. The van der Waals surface area contributed by atoms with Crippen molar-refractivity contribution in [3.05, 3.63) is 18.0 Å². The Morgan fingerprint density at radius 3 is 2.93 bits per heavy atom. The minimum absolute atomic E-state index is 0.642. The third-order valence-electron chi connectivity index (χ3n) is 3.28. The molecule has 0 aliphatic heterocycles. The molecule has 0 amide bonds. The molecule has 1 fully saturated rings. The molecular formula is C12H21N3. The summed E-state index contributed by atoms with van der Waals surface area (Å²) in [4.78, 5) is 0. The lowest BCUT2D eigenvalue weighted by molar-refractivity contribution is 0.163. The first-order valence-corrected chi connectivity index (χ1v) is 6.02. The molecule has 1 saturated carbocycles. The molecule has 1 N–H and O–H groups in total. The van der Waals surface area contributed by atoms with Crippen molar-refractivity contribution in [1.82, 2.24) is 15.1 Å². The number of rotatable bonds is 5. The second-order valence-corrected chi connectivity index (χ2v) is 4.61. The maximum Gasteiger partial charge on any atom is 0.0559 e. The highest BCUT2D eigenvalue weighted by Gasteiger charge is 2.32. The largest absolute Gasteiger partial charge is 0.316 e. The van der Waals surface area contributed by atoms with Crippen LogP contribution >= 0.6 is 0 Å². The molecule has 0 saturated heterocycles. The summed E-state index contributed by atoms with van der Waals surface area (Å²) in [6.45, 7) is 6.60. The molecular weight excluding hydrogens is 186 g/mol. The van der Waals surface area contributed by atoms with Crippen molar-refractivity contribution in [3.63, 3.8) is 0 Å². The number of hydrogen-bond donors (Lipinski definition) is 1. The molecule has 0 bridgehead atoms. The van der Waals surface area contributed by atoms with Crippen LogP contribution in [-0.2, 0) is 0 Å². The van der Waals surface area contributed by atoms with Crippen molar-refractivity contribution >= 4 is 0 Å². The lowest BCUT2D eigenvalue weighted by atomic mass is 9.79. The molecule has 3 nitrogen and oxygen atoms in total. The lowest BCUT2D eigenvalue weighted by Gasteiger charge is -2.37. The van der Waals surface area contributed by atoms with E-state index < -0.39 is 0 Å². The molecule has 1 aromatic rings. The van der Waals surface area contributed by atoms with Gasteiger partial charge < -0.3 is 5.32 Å². The van der Waals surface area contributed by atoms with Gasteiger partial charge in [-0.1, -0.05) is 6.92 Å². The maximum absolute atomic E-state index is 4.41. The SMILES string of the molecule is CCCNCC1CCC1n1cc(C)cn1. The van der Waals surface area contributed by atoms with Crippen molar-refractivity contribution in [1.29, 1.82) is 0 Å². The predicted molar refractivity (Wildman–Crippen MR) is 61.9 cm³/mol. The highest BCUT2D eigenvalue weighted by Crippen LogP contribution is 2.37. The minimum atomic E-state index is 0.642. The first-order chi connectivity index (χ1) is 7.31. The second-order valence-electron chi connectivity index (χ2n) is 4.61. The van der Waals surface area contributed by atoms with Crippen LogP contribution in [0.2, 0.25) is 0 Å². The molecule has 1 aliphatic rings. The van der Waals surface area contributed by atoms with Crippen LogP contribution in [0.3, 0.4) is 0 Å². The van der Waals surface area contributed by atoms with Crippen molar-refractivity contribution in [2.24, 2.45) is 5.92 Å². The summed E-state index contributed by atoms with van der Waals surface area (Å²) in [5.41, 5.74) is 1.27. The van der Waals surface area contributed by atoms with Gasteiger partial charge in [0.1, 0.15) is 0 Å². The Balaban J connectivity index is 1.83. The molecule has 15 heavy (non-hydrogen) atoms. The van der Waals surface area contributed by atoms with Crippen LogP contribution in [-0.4, -0.2) is 22.9 Å². The summed E-state index contributed by atoms with van der Waals surface area (Å²) in [7, 11) is 0. The normalized spacial score (nSPS) is 25.2. The van der Waals surface area contributed by atoms with Gasteiger partial charge in [-0.2, -0.15) is 5.10 Å². The van der Waals surface area contributed by atoms with Crippen molar-refractivity contribution < 1.29 is 0 Å². The average Bonchev–Trinajstić information content (AvgIpc) is 2.57. The Labute approximate surface area is 91.9 Å². The van der Waals surface area contributed by atoms with Gasteiger partial charge in [-0.15, -0.1) is 0 Å². The van der Waals surface area contributed by atoms with Crippen LogP contribution in [0.5, 0.6) is 0 Å². The minimum Gasteiger partial charge on any atom is -0.316 e.